The third kappa shape index (κ3) is 3.04. The Kier molecular flexibility index (Phi) is 4.25. The summed E-state index contributed by atoms with van der Waals surface area (Å²) in [6, 6.07) is 6.18. The molecular weight excluding hydrogens is 278 g/mol. The van der Waals surface area contributed by atoms with Crippen molar-refractivity contribution in [2.24, 2.45) is 0 Å². The Hall–Kier alpha value is -2.38. The van der Waals surface area contributed by atoms with Crippen molar-refractivity contribution >= 4 is 22.8 Å². The maximum absolute atomic E-state index is 11.6. The number of hydrogen-bond donors (Lipinski definition) is 4. The molecule has 2 aromatic rings. The highest BCUT2D eigenvalue weighted by Crippen LogP contribution is 2.23. The van der Waals surface area contributed by atoms with Crippen molar-refractivity contribution in [3.63, 3.8) is 0 Å². The molecule has 112 valence electrons. The Balaban J connectivity index is 2.33. The van der Waals surface area contributed by atoms with Crippen molar-refractivity contribution in [2.75, 3.05) is 6.61 Å². The van der Waals surface area contributed by atoms with Gasteiger partial charge in [-0.3, -0.25) is 0 Å². The van der Waals surface area contributed by atoms with Gasteiger partial charge < -0.3 is 25.0 Å². The minimum atomic E-state index is -1.91. The van der Waals surface area contributed by atoms with Gasteiger partial charge >= 0.3 is 11.9 Å². The number of aromatic nitrogens is 1. The van der Waals surface area contributed by atoms with E-state index in [9.17, 15) is 19.8 Å². The molecule has 4 N–H and O–H groups in total. The maximum Gasteiger partial charge on any atom is 0.354 e. The summed E-state index contributed by atoms with van der Waals surface area (Å²) in [5.41, 5.74) is 1.03. The fourth-order valence-electron chi connectivity index (χ4n) is 1.96. The number of benzene rings is 1. The van der Waals surface area contributed by atoms with Gasteiger partial charge in [-0.15, -0.1) is 0 Å². The molecule has 0 fully saturated rings. The SMILES string of the molecule is CCOC(=O)c1cc2ccc(C(O)C(O)C(=O)O)cc2[nH]1. The minimum absolute atomic E-state index is 0.231. The van der Waals surface area contributed by atoms with Gasteiger partial charge in [-0.25, -0.2) is 9.59 Å². The van der Waals surface area contributed by atoms with Crippen molar-refractivity contribution in [3.05, 3.63) is 35.5 Å². The molecule has 1 aromatic carbocycles. The zero-order valence-electron chi connectivity index (χ0n) is 11.2. The second kappa shape index (κ2) is 5.94. The second-order valence-corrected chi connectivity index (χ2v) is 4.48. The maximum atomic E-state index is 11.6. The van der Waals surface area contributed by atoms with Crippen LogP contribution in [0.25, 0.3) is 10.9 Å². The molecule has 2 atom stereocenters. The summed E-state index contributed by atoms with van der Waals surface area (Å²) in [4.78, 5) is 25.1. The lowest BCUT2D eigenvalue weighted by Gasteiger charge is -2.14. The molecule has 0 saturated carbocycles. The number of aliphatic carboxylic acids is 1. The number of aliphatic hydroxyl groups excluding tert-OH is 2. The zero-order chi connectivity index (χ0) is 15.6. The Morgan fingerprint density at radius 3 is 2.62 bits per heavy atom. The number of hydrogen-bond acceptors (Lipinski definition) is 5. The van der Waals surface area contributed by atoms with Crippen molar-refractivity contribution in [1.29, 1.82) is 0 Å². The molecule has 7 heteroatoms. The summed E-state index contributed by atoms with van der Waals surface area (Å²) in [5.74, 6) is -2.01. The van der Waals surface area contributed by atoms with Crippen molar-refractivity contribution in [1.82, 2.24) is 4.98 Å². The van der Waals surface area contributed by atoms with Gasteiger partial charge in [-0.1, -0.05) is 12.1 Å². The predicted octanol–water partition coefficient (Wildman–Crippen LogP) is 0.823. The van der Waals surface area contributed by atoms with E-state index >= 15 is 0 Å². The molecule has 2 unspecified atom stereocenters. The van der Waals surface area contributed by atoms with Crippen LogP contribution in [0.1, 0.15) is 29.1 Å². The first-order chi connectivity index (χ1) is 9.93. The van der Waals surface area contributed by atoms with Crippen LogP contribution in [0.2, 0.25) is 0 Å². The third-order valence-electron chi connectivity index (χ3n) is 3.04. The Labute approximate surface area is 119 Å². The highest BCUT2D eigenvalue weighted by molar-refractivity contribution is 5.95. The predicted molar refractivity (Wildman–Crippen MR) is 72.9 cm³/mol. The van der Waals surface area contributed by atoms with Crippen LogP contribution in [-0.4, -0.2) is 45.0 Å². The monoisotopic (exact) mass is 293 g/mol. The van der Waals surface area contributed by atoms with E-state index < -0.39 is 24.1 Å². The molecule has 0 amide bonds. The first kappa shape index (κ1) is 15.0. The summed E-state index contributed by atoms with van der Waals surface area (Å²) < 4.78 is 4.87. The first-order valence-electron chi connectivity index (χ1n) is 6.32. The molecule has 21 heavy (non-hydrogen) atoms. The van der Waals surface area contributed by atoms with Crippen LogP contribution in [0, 0.1) is 0 Å². The molecule has 1 aromatic heterocycles. The number of carbonyl (C=O) groups excluding carboxylic acids is 1. The third-order valence-corrected chi connectivity index (χ3v) is 3.04. The fourth-order valence-corrected chi connectivity index (χ4v) is 1.96. The van der Waals surface area contributed by atoms with E-state index in [1.165, 1.54) is 12.1 Å². The zero-order valence-corrected chi connectivity index (χ0v) is 11.2. The molecule has 0 aliphatic heterocycles. The number of fused-ring (bicyclic) bond motifs is 1. The molecule has 7 nitrogen and oxygen atoms in total. The number of carbonyl (C=O) groups is 2. The number of rotatable bonds is 5. The number of H-pyrrole nitrogens is 1. The summed E-state index contributed by atoms with van der Waals surface area (Å²) in [5, 5.41) is 28.5. The molecule has 0 radical (unpaired) electrons. The number of nitrogens with one attached hydrogen (secondary N) is 1. The Morgan fingerprint density at radius 2 is 2.00 bits per heavy atom. The number of ether oxygens (including phenoxy) is 1. The normalized spacial score (nSPS) is 13.9. The highest BCUT2D eigenvalue weighted by atomic mass is 16.5. The Bertz CT molecular complexity index is 677. The molecule has 2 rings (SSSR count). The van der Waals surface area contributed by atoms with E-state index in [0.717, 1.165) is 0 Å². The van der Waals surface area contributed by atoms with Gasteiger partial charge in [0.1, 0.15) is 11.8 Å². The smallest absolute Gasteiger partial charge is 0.354 e. The van der Waals surface area contributed by atoms with Gasteiger partial charge in [0.05, 0.1) is 6.61 Å². The lowest BCUT2D eigenvalue weighted by Crippen LogP contribution is -2.27. The Morgan fingerprint density at radius 1 is 1.29 bits per heavy atom. The largest absolute Gasteiger partial charge is 0.479 e. The van der Waals surface area contributed by atoms with Crippen LogP contribution in [0.5, 0.6) is 0 Å². The summed E-state index contributed by atoms with van der Waals surface area (Å²) in [7, 11) is 0. The van der Waals surface area contributed by atoms with Crippen molar-refractivity contribution in [2.45, 2.75) is 19.1 Å². The van der Waals surface area contributed by atoms with Crippen LogP contribution in [0.4, 0.5) is 0 Å². The van der Waals surface area contributed by atoms with E-state index in [1.54, 1.807) is 19.1 Å². The molecule has 0 bridgehead atoms. The van der Waals surface area contributed by atoms with E-state index in [4.69, 9.17) is 9.84 Å². The van der Waals surface area contributed by atoms with Gasteiger partial charge in [0.2, 0.25) is 0 Å². The number of carboxylic acids is 1. The number of carboxylic acid groups (broad SMARTS) is 1. The van der Waals surface area contributed by atoms with E-state index in [1.807, 2.05) is 0 Å². The minimum Gasteiger partial charge on any atom is -0.479 e. The van der Waals surface area contributed by atoms with Gasteiger partial charge in [0.25, 0.3) is 0 Å². The van der Waals surface area contributed by atoms with Crippen LogP contribution >= 0.6 is 0 Å². The number of aromatic amines is 1. The number of aliphatic hydroxyl groups is 2. The highest BCUT2D eigenvalue weighted by Gasteiger charge is 2.25. The van der Waals surface area contributed by atoms with Gasteiger partial charge in [0, 0.05) is 10.9 Å². The van der Waals surface area contributed by atoms with Gasteiger partial charge in [-0.2, -0.15) is 0 Å². The van der Waals surface area contributed by atoms with E-state index in [0.29, 0.717) is 10.9 Å². The molecular formula is C14H15NO6. The van der Waals surface area contributed by atoms with Crippen LogP contribution < -0.4 is 0 Å². The van der Waals surface area contributed by atoms with Crippen molar-refractivity contribution < 1.29 is 29.6 Å². The number of esters is 1. The van der Waals surface area contributed by atoms with Crippen LogP contribution in [-0.2, 0) is 9.53 Å². The fraction of sp³-hybridized carbons (Fsp3) is 0.286. The van der Waals surface area contributed by atoms with E-state index in [-0.39, 0.29) is 17.9 Å². The summed E-state index contributed by atoms with van der Waals surface area (Å²) in [6.07, 6.45) is -3.47. The summed E-state index contributed by atoms with van der Waals surface area (Å²) in [6.45, 7) is 1.95. The molecule has 0 aliphatic carbocycles. The second-order valence-electron chi connectivity index (χ2n) is 4.48. The molecule has 1 heterocycles. The average molecular weight is 293 g/mol. The van der Waals surface area contributed by atoms with Gasteiger partial charge in [-0.05, 0) is 24.6 Å². The topological polar surface area (TPSA) is 120 Å². The van der Waals surface area contributed by atoms with E-state index in [2.05, 4.69) is 4.98 Å². The average Bonchev–Trinajstić information content (AvgIpc) is 2.88. The van der Waals surface area contributed by atoms with Crippen LogP contribution in [0.15, 0.2) is 24.3 Å². The standard InChI is InChI=1S/C14H15NO6/c1-2-21-14(20)10-5-7-3-4-8(6-9(7)15-10)11(16)12(17)13(18)19/h3-6,11-12,15-17H,2H2,1H3,(H,18,19). The summed E-state index contributed by atoms with van der Waals surface area (Å²) >= 11 is 0. The lowest BCUT2D eigenvalue weighted by molar-refractivity contribution is -0.153. The molecule has 0 spiro atoms. The quantitative estimate of drug-likeness (QED) is 0.606. The first-order valence-corrected chi connectivity index (χ1v) is 6.32. The van der Waals surface area contributed by atoms with Gasteiger partial charge in [0.15, 0.2) is 6.10 Å². The molecule has 0 aliphatic rings. The van der Waals surface area contributed by atoms with Crippen LogP contribution in [0.3, 0.4) is 0 Å². The lowest BCUT2D eigenvalue weighted by atomic mass is 10.0. The molecule has 0 saturated heterocycles. The van der Waals surface area contributed by atoms with Crippen molar-refractivity contribution in [3.8, 4) is 0 Å².